The zero-order chi connectivity index (χ0) is 13.6. The number of nitrogen functional groups attached to an aromatic ring is 1. The summed E-state index contributed by atoms with van der Waals surface area (Å²) in [6.07, 6.45) is 4.85. The maximum atomic E-state index is 12.5. The van der Waals surface area contributed by atoms with Gasteiger partial charge < -0.3 is 5.73 Å². The van der Waals surface area contributed by atoms with Crippen LogP contribution in [0.5, 0.6) is 0 Å². The molecule has 2 aliphatic carbocycles. The molecular weight excluding hydrogens is 326 g/mol. The lowest BCUT2D eigenvalue weighted by molar-refractivity contribution is 0.360. The summed E-state index contributed by atoms with van der Waals surface area (Å²) in [5, 5.41) is 0. The second-order valence-corrected chi connectivity index (χ2v) is 8.76. The summed E-state index contributed by atoms with van der Waals surface area (Å²) < 4.78 is 25.6. The molecule has 19 heavy (non-hydrogen) atoms. The van der Waals surface area contributed by atoms with Crippen LogP contribution in [-0.4, -0.2) is 14.2 Å². The van der Waals surface area contributed by atoms with Crippen LogP contribution in [0.15, 0.2) is 27.6 Å². The average Bonchev–Trinajstić information content (AvgIpc) is 2.89. The quantitative estimate of drug-likeness (QED) is 0.857. The van der Waals surface area contributed by atoms with Crippen LogP contribution in [-0.2, 0) is 9.84 Å². The van der Waals surface area contributed by atoms with E-state index in [1.54, 1.807) is 18.2 Å². The van der Waals surface area contributed by atoms with Crippen molar-refractivity contribution in [2.75, 3.05) is 11.5 Å². The summed E-state index contributed by atoms with van der Waals surface area (Å²) in [4.78, 5) is 0.379. The minimum atomic E-state index is -3.22. The second kappa shape index (κ2) is 4.77. The third-order valence-corrected chi connectivity index (χ3v) is 7.42. The number of benzene rings is 1. The number of nitrogens with two attached hydrogens (primary N) is 1. The van der Waals surface area contributed by atoms with E-state index in [-0.39, 0.29) is 5.75 Å². The van der Waals surface area contributed by atoms with Gasteiger partial charge in [0.1, 0.15) is 0 Å². The molecule has 5 heteroatoms. The van der Waals surface area contributed by atoms with Gasteiger partial charge in [-0.15, -0.1) is 0 Å². The van der Waals surface area contributed by atoms with Crippen molar-refractivity contribution in [3.8, 4) is 0 Å². The highest BCUT2D eigenvalue weighted by atomic mass is 79.9. The molecule has 3 unspecified atom stereocenters. The van der Waals surface area contributed by atoms with Crippen LogP contribution < -0.4 is 5.73 Å². The van der Waals surface area contributed by atoms with Crippen molar-refractivity contribution in [1.29, 1.82) is 0 Å². The van der Waals surface area contributed by atoms with Gasteiger partial charge in [0.25, 0.3) is 0 Å². The molecule has 0 radical (unpaired) electrons. The van der Waals surface area contributed by atoms with Gasteiger partial charge in [-0.3, -0.25) is 0 Å². The van der Waals surface area contributed by atoms with Crippen molar-refractivity contribution in [1.82, 2.24) is 0 Å². The molecule has 3 atom stereocenters. The highest BCUT2D eigenvalue weighted by Crippen LogP contribution is 2.49. The number of anilines is 1. The van der Waals surface area contributed by atoms with Crippen molar-refractivity contribution in [3.63, 3.8) is 0 Å². The van der Waals surface area contributed by atoms with Crippen molar-refractivity contribution >= 4 is 31.5 Å². The standard InChI is InChI=1S/C14H18BrNO2S/c15-13-7-12(16)3-4-14(13)19(17,18)8-11-6-9-1-2-10(11)5-9/h3-4,7,9-11H,1-2,5-6,8,16H2. The van der Waals surface area contributed by atoms with Gasteiger partial charge in [0.2, 0.25) is 0 Å². The van der Waals surface area contributed by atoms with Gasteiger partial charge in [-0.2, -0.15) is 0 Å². The Bertz CT molecular complexity index is 599. The summed E-state index contributed by atoms with van der Waals surface area (Å²) >= 11 is 3.31. The summed E-state index contributed by atoms with van der Waals surface area (Å²) in [7, 11) is -3.22. The molecule has 0 aliphatic heterocycles. The van der Waals surface area contributed by atoms with Crippen LogP contribution in [0.2, 0.25) is 0 Å². The number of rotatable bonds is 3. The first kappa shape index (κ1) is 13.4. The number of halogens is 1. The lowest BCUT2D eigenvalue weighted by atomic mass is 9.90. The first-order valence-corrected chi connectivity index (χ1v) is 9.18. The van der Waals surface area contributed by atoms with Crippen LogP contribution in [0, 0.1) is 17.8 Å². The zero-order valence-electron chi connectivity index (χ0n) is 10.7. The lowest BCUT2D eigenvalue weighted by Crippen LogP contribution is -2.21. The Balaban J connectivity index is 1.83. The van der Waals surface area contributed by atoms with Gasteiger partial charge in [-0.1, -0.05) is 6.42 Å². The fraction of sp³-hybridized carbons (Fsp3) is 0.571. The SMILES string of the molecule is Nc1ccc(S(=O)(=O)CC2CC3CCC2C3)c(Br)c1. The van der Waals surface area contributed by atoms with Crippen LogP contribution >= 0.6 is 15.9 Å². The van der Waals surface area contributed by atoms with E-state index in [9.17, 15) is 8.42 Å². The van der Waals surface area contributed by atoms with E-state index in [4.69, 9.17) is 5.73 Å². The predicted molar refractivity (Wildman–Crippen MR) is 79.5 cm³/mol. The summed E-state index contributed by atoms with van der Waals surface area (Å²) in [6, 6.07) is 4.92. The third kappa shape index (κ3) is 2.55. The normalized spacial score (nSPS) is 29.8. The molecule has 2 bridgehead atoms. The lowest BCUT2D eigenvalue weighted by Gasteiger charge is -2.21. The van der Waals surface area contributed by atoms with E-state index in [1.807, 2.05) is 0 Å². The largest absolute Gasteiger partial charge is 0.399 e. The predicted octanol–water partition coefficient (Wildman–Crippen LogP) is 3.24. The van der Waals surface area contributed by atoms with Crippen molar-refractivity contribution < 1.29 is 8.42 Å². The number of sulfone groups is 1. The highest BCUT2D eigenvalue weighted by Gasteiger charge is 2.41. The molecule has 1 aromatic carbocycles. The van der Waals surface area contributed by atoms with Crippen molar-refractivity contribution in [3.05, 3.63) is 22.7 Å². The molecule has 2 fully saturated rings. The van der Waals surface area contributed by atoms with Gasteiger partial charge in [0.15, 0.2) is 9.84 Å². The van der Waals surface area contributed by atoms with Gasteiger partial charge >= 0.3 is 0 Å². The first-order chi connectivity index (χ1) is 8.95. The molecule has 0 spiro atoms. The van der Waals surface area contributed by atoms with E-state index >= 15 is 0 Å². The van der Waals surface area contributed by atoms with E-state index in [2.05, 4.69) is 15.9 Å². The number of fused-ring (bicyclic) bond motifs is 2. The Hall–Kier alpha value is -0.550. The summed E-state index contributed by atoms with van der Waals surface area (Å²) in [6.45, 7) is 0. The molecule has 0 amide bonds. The molecule has 104 valence electrons. The monoisotopic (exact) mass is 343 g/mol. The molecule has 2 N–H and O–H groups in total. The number of hydrogen-bond acceptors (Lipinski definition) is 3. The molecule has 3 rings (SSSR count). The Morgan fingerprint density at radius 2 is 2.05 bits per heavy atom. The highest BCUT2D eigenvalue weighted by molar-refractivity contribution is 9.10. The van der Waals surface area contributed by atoms with Gasteiger partial charge in [0.05, 0.1) is 10.6 Å². The minimum Gasteiger partial charge on any atom is -0.399 e. The molecule has 0 aromatic heterocycles. The van der Waals surface area contributed by atoms with Gasteiger partial charge in [-0.05, 0) is 71.1 Å². The molecule has 1 aromatic rings. The number of hydrogen-bond donors (Lipinski definition) is 1. The van der Waals surface area contributed by atoms with Gasteiger partial charge in [-0.25, -0.2) is 8.42 Å². The molecule has 2 saturated carbocycles. The molecule has 0 heterocycles. The Morgan fingerprint density at radius 3 is 2.63 bits per heavy atom. The summed E-state index contributed by atoms with van der Waals surface area (Å²) in [5.74, 6) is 2.05. The maximum Gasteiger partial charge on any atom is 0.179 e. The maximum absolute atomic E-state index is 12.5. The second-order valence-electron chi connectivity index (χ2n) is 5.91. The third-order valence-electron chi connectivity index (χ3n) is 4.61. The van der Waals surface area contributed by atoms with Crippen LogP contribution in [0.1, 0.15) is 25.7 Å². The fourth-order valence-corrected chi connectivity index (χ4v) is 6.64. The minimum absolute atomic E-state index is 0.288. The molecule has 3 nitrogen and oxygen atoms in total. The smallest absolute Gasteiger partial charge is 0.179 e. The van der Waals surface area contributed by atoms with Crippen LogP contribution in [0.25, 0.3) is 0 Å². The zero-order valence-corrected chi connectivity index (χ0v) is 13.1. The molecule has 0 saturated heterocycles. The van der Waals surface area contributed by atoms with Crippen LogP contribution in [0.4, 0.5) is 5.69 Å². The van der Waals surface area contributed by atoms with E-state index in [1.165, 1.54) is 19.3 Å². The van der Waals surface area contributed by atoms with E-state index < -0.39 is 9.84 Å². The van der Waals surface area contributed by atoms with Crippen molar-refractivity contribution in [2.45, 2.75) is 30.6 Å². The fourth-order valence-electron chi connectivity index (χ4n) is 3.72. The van der Waals surface area contributed by atoms with E-state index in [0.29, 0.717) is 26.9 Å². The topological polar surface area (TPSA) is 60.2 Å². The first-order valence-electron chi connectivity index (χ1n) is 6.73. The summed E-state index contributed by atoms with van der Waals surface area (Å²) in [5.41, 5.74) is 6.23. The molecule has 2 aliphatic rings. The van der Waals surface area contributed by atoms with Gasteiger partial charge in [0, 0.05) is 10.2 Å². The van der Waals surface area contributed by atoms with Crippen LogP contribution in [0.3, 0.4) is 0 Å². The van der Waals surface area contributed by atoms with Crippen molar-refractivity contribution in [2.24, 2.45) is 17.8 Å². The Morgan fingerprint density at radius 1 is 1.26 bits per heavy atom. The Kier molecular flexibility index (Phi) is 3.38. The molecular formula is C14H18BrNO2S. The average molecular weight is 344 g/mol. The Labute approximate surface area is 122 Å². The van der Waals surface area contributed by atoms with E-state index in [0.717, 1.165) is 12.3 Å².